The highest BCUT2D eigenvalue weighted by Crippen LogP contribution is 2.30. The van der Waals surface area contributed by atoms with Crippen LogP contribution < -0.4 is 10.6 Å². The molecule has 1 aliphatic heterocycles. The summed E-state index contributed by atoms with van der Waals surface area (Å²) in [6, 6.07) is 9.16. The molecule has 1 aromatic heterocycles. The Morgan fingerprint density at radius 2 is 1.71 bits per heavy atom. The van der Waals surface area contributed by atoms with Crippen molar-refractivity contribution >= 4 is 23.4 Å². The minimum Gasteiger partial charge on any atom is -0.478 e. The van der Waals surface area contributed by atoms with Crippen LogP contribution in [0.25, 0.3) is 11.4 Å². The fourth-order valence-electron chi connectivity index (χ4n) is 2.87. The predicted octanol–water partition coefficient (Wildman–Crippen LogP) is 3.11. The third-order valence-electron chi connectivity index (χ3n) is 4.21. The monoisotopic (exact) mass is 382 g/mol. The van der Waals surface area contributed by atoms with Gasteiger partial charge in [0.05, 0.1) is 23.4 Å². The Hall–Kier alpha value is -3.88. The Morgan fingerprint density at radius 3 is 2.36 bits per heavy atom. The van der Waals surface area contributed by atoms with Gasteiger partial charge in [-0.05, 0) is 36.4 Å². The highest BCUT2D eigenvalue weighted by Gasteiger charge is 2.28. The highest BCUT2D eigenvalue weighted by molar-refractivity contribution is 6.03. The van der Waals surface area contributed by atoms with E-state index in [1.54, 1.807) is 0 Å². The second kappa shape index (κ2) is 6.69. The minimum absolute atomic E-state index is 0.0701. The van der Waals surface area contributed by atoms with Crippen molar-refractivity contribution in [1.29, 1.82) is 0 Å². The van der Waals surface area contributed by atoms with Crippen molar-refractivity contribution in [3.05, 3.63) is 70.9 Å². The Kier molecular flexibility index (Phi) is 4.19. The number of aromatic nitrogens is 2. The first kappa shape index (κ1) is 17.5. The second-order valence-electron chi connectivity index (χ2n) is 6.00. The lowest BCUT2D eigenvalue weighted by Gasteiger charge is -2.12. The Morgan fingerprint density at radius 1 is 1.04 bits per heavy atom. The fourth-order valence-corrected chi connectivity index (χ4v) is 2.87. The van der Waals surface area contributed by atoms with Crippen LogP contribution in [0.2, 0.25) is 0 Å². The first-order chi connectivity index (χ1) is 13.4. The van der Waals surface area contributed by atoms with Gasteiger partial charge in [0.1, 0.15) is 23.0 Å². The molecule has 0 unspecified atom stereocenters. The summed E-state index contributed by atoms with van der Waals surface area (Å²) >= 11 is 0. The van der Waals surface area contributed by atoms with Crippen LogP contribution in [0.3, 0.4) is 0 Å². The summed E-state index contributed by atoms with van der Waals surface area (Å²) in [6.07, 6.45) is 0. The number of benzene rings is 2. The lowest BCUT2D eigenvalue weighted by molar-refractivity contribution is 0.0696. The summed E-state index contributed by atoms with van der Waals surface area (Å²) in [4.78, 5) is 31.4. The SMILES string of the molecule is O=C(O)c1ccc(Nc2nc(-c3c(F)cccc3F)nc3c2C(=O)NC3)cc1. The molecule has 0 saturated carbocycles. The van der Waals surface area contributed by atoms with E-state index in [1.807, 2.05) is 0 Å². The molecule has 2 heterocycles. The number of hydrogen-bond donors (Lipinski definition) is 3. The van der Waals surface area contributed by atoms with E-state index in [2.05, 4.69) is 20.6 Å². The van der Waals surface area contributed by atoms with Gasteiger partial charge in [-0.3, -0.25) is 4.79 Å². The van der Waals surface area contributed by atoms with Crippen LogP contribution in [-0.2, 0) is 6.54 Å². The summed E-state index contributed by atoms with van der Waals surface area (Å²) in [5, 5.41) is 14.5. The zero-order chi connectivity index (χ0) is 19.8. The molecule has 140 valence electrons. The first-order valence-corrected chi connectivity index (χ1v) is 8.18. The molecule has 0 saturated heterocycles. The molecule has 0 spiro atoms. The van der Waals surface area contributed by atoms with Crippen LogP contribution in [0, 0.1) is 11.6 Å². The summed E-state index contributed by atoms with van der Waals surface area (Å²) in [7, 11) is 0. The lowest BCUT2D eigenvalue weighted by Crippen LogP contribution is -2.14. The average Bonchev–Trinajstić information content (AvgIpc) is 3.03. The van der Waals surface area contributed by atoms with Crippen molar-refractivity contribution < 1.29 is 23.5 Å². The van der Waals surface area contributed by atoms with E-state index in [4.69, 9.17) is 5.11 Å². The Balaban J connectivity index is 1.81. The standard InChI is InChI=1S/C19H12F2N4O3/c20-11-2-1-3-12(21)14(11)16-24-13-8-22-18(26)15(13)17(25-16)23-10-6-4-9(5-7-10)19(27)28/h1-7H,8H2,(H,22,26)(H,27,28)(H,23,24,25). The summed E-state index contributed by atoms with van der Waals surface area (Å²) in [6.45, 7) is 0.104. The van der Waals surface area contributed by atoms with Gasteiger partial charge in [-0.1, -0.05) is 6.07 Å². The van der Waals surface area contributed by atoms with Gasteiger partial charge in [0.2, 0.25) is 0 Å². The topological polar surface area (TPSA) is 104 Å². The van der Waals surface area contributed by atoms with Gasteiger partial charge in [0, 0.05) is 5.69 Å². The van der Waals surface area contributed by atoms with Crippen molar-refractivity contribution in [1.82, 2.24) is 15.3 Å². The van der Waals surface area contributed by atoms with E-state index in [0.29, 0.717) is 11.4 Å². The zero-order valence-corrected chi connectivity index (χ0v) is 14.2. The van der Waals surface area contributed by atoms with Crippen LogP contribution in [0.1, 0.15) is 26.4 Å². The molecule has 2 aromatic carbocycles. The maximum atomic E-state index is 14.2. The number of carboxylic acids is 1. The van der Waals surface area contributed by atoms with E-state index in [1.165, 1.54) is 30.3 Å². The zero-order valence-electron chi connectivity index (χ0n) is 14.2. The number of halogens is 2. The molecule has 3 N–H and O–H groups in total. The fraction of sp³-hybridized carbons (Fsp3) is 0.0526. The lowest BCUT2D eigenvalue weighted by atomic mass is 10.1. The van der Waals surface area contributed by atoms with Crippen LogP contribution >= 0.6 is 0 Å². The molecule has 1 aliphatic rings. The first-order valence-electron chi connectivity index (χ1n) is 8.18. The van der Waals surface area contributed by atoms with Gasteiger partial charge in [0.15, 0.2) is 5.82 Å². The maximum Gasteiger partial charge on any atom is 0.335 e. The summed E-state index contributed by atoms with van der Waals surface area (Å²) < 4.78 is 28.3. The van der Waals surface area contributed by atoms with E-state index < -0.39 is 29.1 Å². The number of fused-ring (bicyclic) bond motifs is 1. The number of anilines is 2. The number of aromatic carboxylic acids is 1. The molecule has 4 rings (SSSR count). The molecule has 0 aliphatic carbocycles. The third-order valence-corrected chi connectivity index (χ3v) is 4.21. The largest absolute Gasteiger partial charge is 0.478 e. The van der Waals surface area contributed by atoms with Crippen molar-refractivity contribution in [2.45, 2.75) is 6.54 Å². The second-order valence-corrected chi connectivity index (χ2v) is 6.00. The number of carbonyl (C=O) groups excluding carboxylic acids is 1. The number of nitrogens with one attached hydrogen (secondary N) is 2. The van der Waals surface area contributed by atoms with E-state index >= 15 is 0 Å². The molecule has 0 bridgehead atoms. The van der Waals surface area contributed by atoms with Crippen LogP contribution in [0.4, 0.5) is 20.3 Å². The summed E-state index contributed by atoms with van der Waals surface area (Å²) in [5.41, 5.74) is 0.620. The molecule has 0 radical (unpaired) electrons. The van der Waals surface area contributed by atoms with Crippen LogP contribution in [-0.4, -0.2) is 27.0 Å². The number of carbonyl (C=O) groups is 2. The Labute approximate surface area is 157 Å². The molecular formula is C19H12F2N4O3. The van der Waals surface area contributed by atoms with Gasteiger partial charge in [-0.15, -0.1) is 0 Å². The predicted molar refractivity (Wildman–Crippen MR) is 95.2 cm³/mol. The Bertz CT molecular complexity index is 1100. The van der Waals surface area contributed by atoms with E-state index in [0.717, 1.165) is 12.1 Å². The molecule has 0 fully saturated rings. The molecule has 7 nitrogen and oxygen atoms in total. The summed E-state index contributed by atoms with van der Waals surface area (Å²) in [5.74, 6) is -3.27. The number of amides is 1. The average molecular weight is 382 g/mol. The van der Waals surface area contributed by atoms with E-state index in [-0.39, 0.29) is 29.3 Å². The van der Waals surface area contributed by atoms with Gasteiger partial charge < -0.3 is 15.7 Å². The molecular weight excluding hydrogens is 370 g/mol. The van der Waals surface area contributed by atoms with Crippen molar-refractivity contribution in [2.24, 2.45) is 0 Å². The number of rotatable bonds is 4. The van der Waals surface area contributed by atoms with Crippen LogP contribution in [0.5, 0.6) is 0 Å². The van der Waals surface area contributed by atoms with Gasteiger partial charge in [-0.2, -0.15) is 0 Å². The molecule has 9 heteroatoms. The van der Waals surface area contributed by atoms with Gasteiger partial charge in [-0.25, -0.2) is 23.5 Å². The number of nitrogens with zero attached hydrogens (tertiary/aromatic N) is 2. The number of carboxylic acid groups (broad SMARTS) is 1. The smallest absolute Gasteiger partial charge is 0.335 e. The maximum absolute atomic E-state index is 14.2. The highest BCUT2D eigenvalue weighted by atomic mass is 19.1. The molecule has 3 aromatic rings. The van der Waals surface area contributed by atoms with E-state index in [9.17, 15) is 18.4 Å². The van der Waals surface area contributed by atoms with Crippen molar-refractivity contribution in [3.8, 4) is 11.4 Å². The third kappa shape index (κ3) is 3.02. The minimum atomic E-state index is -1.08. The van der Waals surface area contributed by atoms with Gasteiger partial charge >= 0.3 is 5.97 Å². The van der Waals surface area contributed by atoms with Crippen molar-refractivity contribution in [3.63, 3.8) is 0 Å². The van der Waals surface area contributed by atoms with Crippen molar-refractivity contribution in [2.75, 3.05) is 5.32 Å². The van der Waals surface area contributed by atoms with Gasteiger partial charge in [0.25, 0.3) is 5.91 Å². The molecule has 0 atom stereocenters. The number of hydrogen-bond acceptors (Lipinski definition) is 5. The van der Waals surface area contributed by atoms with Crippen LogP contribution in [0.15, 0.2) is 42.5 Å². The normalized spacial score (nSPS) is 12.4. The molecule has 1 amide bonds. The molecule has 28 heavy (non-hydrogen) atoms. The quantitative estimate of drug-likeness (QED) is 0.641.